The first-order chi connectivity index (χ1) is 18.1. The number of phenolic OH excluding ortho intramolecular Hbond substituents is 2. The Hall–Kier alpha value is -3.50. The van der Waals surface area contributed by atoms with E-state index in [0.29, 0.717) is 17.9 Å². The number of fused-ring (bicyclic) bond motifs is 1. The van der Waals surface area contributed by atoms with E-state index in [1.54, 1.807) is 12.1 Å². The number of phenols is 2. The predicted octanol–water partition coefficient (Wildman–Crippen LogP) is 6.97. The molecule has 0 unspecified atom stereocenters. The summed E-state index contributed by atoms with van der Waals surface area (Å²) in [7, 11) is 0. The van der Waals surface area contributed by atoms with Gasteiger partial charge in [-0.25, -0.2) is 0 Å². The van der Waals surface area contributed by atoms with Gasteiger partial charge in [0, 0.05) is 13.0 Å². The van der Waals surface area contributed by atoms with Gasteiger partial charge in [0.25, 0.3) is 0 Å². The van der Waals surface area contributed by atoms with Crippen LogP contribution < -0.4 is 0 Å². The fraction of sp³-hybridized carbons (Fsp3) is 0.333. The molecule has 1 aliphatic heterocycles. The second kappa shape index (κ2) is 11.7. The first-order valence-electron chi connectivity index (χ1n) is 13.5. The Kier molecular flexibility index (Phi) is 7.96. The fourth-order valence-electron chi connectivity index (χ4n) is 5.47. The summed E-state index contributed by atoms with van der Waals surface area (Å²) < 4.78 is 6.11. The lowest BCUT2D eigenvalue weighted by Crippen LogP contribution is -2.32. The van der Waals surface area contributed by atoms with E-state index in [0.717, 1.165) is 53.7 Å². The maximum absolute atomic E-state index is 10.4. The maximum atomic E-state index is 10.4. The molecule has 2 N–H and O–H groups in total. The van der Waals surface area contributed by atoms with Gasteiger partial charge < -0.3 is 14.9 Å². The summed E-state index contributed by atoms with van der Waals surface area (Å²) in [6.45, 7) is 6.05. The van der Waals surface area contributed by atoms with Crippen molar-refractivity contribution in [3.63, 3.8) is 0 Å². The van der Waals surface area contributed by atoms with Crippen LogP contribution in [-0.2, 0) is 17.6 Å². The van der Waals surface area contributed by atoms with Gasteiger partial charge in [-0.2, -0.15) is 0 Å². The molecule has 0 spiro atoms. The number of hydrogen-bond acceptors (Lipinski definition) is 4. The van der Waals surface area contributed by atoms with E-state index in [-0.39, 0.29) is 0 Å². The van der Waals surface area contributed by atoms with Crippen molar-refractivity contribution in [2.75, 3.05) is 26.2 Å². The van der Waals surface area contributed by atoms with Gasteiger partial charge in [-0.1, -0.05) is 60.5 Å². The van der Waals surface area contributed by atoms with Crippen LogP contribution in [0.4, 0.5) is 0 Å². The quantitative estimate of drug-likeness (QED) is 0.354. The Labute approximate surface area is 220 Å². The van der Waals surface area contributed by atoms with Crippen LogP contribution in [0.15, 0.2) is 84.2 Å². The normalized spacial score (nSPS) is 16.4. The third kappa shape index (κ3) is 6.08. The van der Waals surface area contributed by atoms with Crippen molar-refractivity contribution in [1.29, 1.82) is 0 Å². The molecule has 3 aromatic rings. The topological polar surface area (TPSA) is 52.9 Å². The molecular formula is C33H37NO3. The van der Waals surface area contributed by atoms with Crippen molar-refractivity contribution in [2.24, 2.45) is 0 Å². The van der Waals surface area contributed by atoms with Crippen molar-refractivity contribution >= 4 is 10.8 Å². The molecule has 1 heterocycles. The molecule has 0 atom stereocenters. The molecular weight excluding hydrogens is 458 g/mol. The molecule has 0 saturated carbocycles. The number of ether oxygens (including phenoxy) is 1. The average Bonchev–Trinajstić information content (AvgIpc) is 3.14. The Bertz CT molecular complexity index is 1350. The van der Waals surface area contributed by atoms with E-state index in [1.165, 1.54) is 49.1 Å². The lowest BCUT2D eigenvalue weighted by atomic mass is 9.88. The van der Waals surface area contributed by atoms with Crippen LogP contribution in [-0.4, -0.2) is 41.4 Å². The molecule has 1 fully saturated rings. The molecule has 5 rings (SSSR count). The molecule has 37 heavy (non-hydrogen) atoms. The summed E-state index contributed by atoms with van der Waals surface area (Å²) in [4.78, 5) is 2.50. The van der Waals surface area contributed by atoms with Crippen LogP contribution in [0.25, 0.3) is 10.8 Å². The number of piperidine rings is 1. The molecule has 192 valence electrons. The van der Waals surface area contributed by atoms with E-state index in [2.05, 4.69) is 41.3 Å². The maximum Gasteiger partial charge on any atom is 0.119 e. The van der Waals surface area contributed by atoms with Gasteiger partial charge >= 0.3 is 0 Å². The zero-order valence-corrected chi connectivity index (χ0v) is 21.7. The molecule has 4 heteroatoms. The highest BCUT2D eigenvalue weighted by Gasteiger charge is 2.15. The lowest BCUT2D eigenvalue weighted by Gasteiger charge is -2.26. The zero-order valence-electron chi connectivity index (χ0n) is 21.7. The number of nitrogens with zero attached hydrogens (tertiary/aromatic N) is 1. The molecule has 0 radical (unpaired) electrons. The van der Waals surface area contributed by atoms with Crippen LogP contribution >= 0.6 is 0 Å². The van der Waals surface area contributed by atoms with Gasteiger partial charge in [-0.05, 0) is 103 Å². The minimum absolute atomic E-state index is 0.317. The SMILES string of the molecule is Cc1c(O)ccc2c(CC3=CC=C(OCCN4CCCCC4)C=CC3)c(Cc3ccccc3O)ccc12. The summed E-state index contributed by atoms with van der Waals surface area (Å²) in [6, 6.07) is 15.6. The molecule has 2 aliphatic rings. The Morgan fingerprint density at radius 3 is 2.46 bits per heavy atom. The van der Waals surface area contributed by atoms with E-state index in [4.69, 9.17) is 4.74 Å². The number of para-hydroxylation sites is 1. The van der Waals surface area contributed by atoms with Crippen molar-refractivity contribution < 1.29 is 14.9 Å². The Morgan fingerprint density at radius 1 is 0.811 bits per heavy atom. The van der Waals surface area contributed by atoms with Crippen molar-refractivity contribution in [2.45, 2.75) is 45.4 Å². The second-order valence-corrected chi connectivity index (χ2v) is 10.2. The van der Waals surface area contributed by atoms with Gasteiger partial charge in [0.15, 0.2) is 0 Å². The van der Waals surface area contributed by atoms with Crippen LogP contribution in [0.3, 0.4) is 0 Å². The Balaban J connectivity index is 1.39. The molecule has 1 saturated heterocycles. The minimum atomic E-state index is 0.317. The highest BCUT2D eigenvalue weighted by Crippen LogP contribution is 2.34. The fourth-order valence-corrected chi connectivity index (χ4v) is 5.47. The third-order valence-electron chi connectivity index (χ3n) is 7.70. The third-order valence-corrected chi connectivity index (χ3v) is 7.70. The van der Waals surface area contributed by atoms with Crippen LogP contribution in [0, 0.1) is 6.92 Å². The summed E-state index contributed by atoms with van der Waals surface area (Å²) >= 11 is 0. The molecule has 1 aliphatic carbocycles. The molecule has 0 aromatic heterocycles. The van der Waals surface area contributed by atoms with Gasteiger partial charge in [-0.3, -0.25) is 4.90 Å². The predicted molar refractivity (Wildman–Crippen MR) is 151 cm³/mol. The molecule has 4 nitrogen and oxygen atoms in total. The van der Waals surface area contributed by atoms with Crippen molar-refractivity contribution in [1.82, 2.24) is 4.90 Å². The van der Waals surface area contributed by atoms with E-state index >= 15 is 0 Å². The van der Waals surface area contributed by atoms with Gasteiger partial charge in [-0.15, -0.1) is 0 Å². The number of rotatable bonds is 8. The molecule has 0 amide bonds. The summed E-state index contributed by atoms with van der Waals surface area (Å²) in [5.41, 5.74) is 5.55. The number of benzene rings is 3. The zero-order chi connectivity index (χ0) is 25.6. The second-order valence-electron chi connectivity index (χ2n) is 10.2. The Morgan fingerprint density at radius 2 is 1.62 bits per heavy atom. The average molecular weight is 496 g/mol. The lowest BCUT2D eigenvalue weighted by molar-refractivity contribution is 0.148. The van der Waals surface area contributed by atoms with Gasteiger partial charge in [0.05, 0.1) is 0 Å². The number of likely N-dealkylation sites (tertiary alicyclic amines) is 1. The van der Waals surface area contributed by atoms with E-state index in [1.807, 2.05) is 31.2 Å². The van der Waals surface area contributed by atoms with E-state index < -0.39 is 0 Å². The standard InChI is InChI=1S/C33H37NO3/c1-24-29-15-13-26(23-27-9-3-4-11-33(27)36)31(30(29)16-17-32(24)35)22-25-8-7-10-28(14-12-25)37-21-20-34-18-5-2-6-19-34/h3-4,7,9-17,35-36H,2,5-6,8,18-23H2,1H3. The van der Waals surface area contributed by atoms with Crippen LogP contribution in [0.2, 0.25) is 0 Å². The van der Waals surface area contributed by atoms with Crippen molar-refractivity contribution in [3.05, 3.63) is 106 Å². The minimum Gasteiger partial charge on any atom is -0.508 e. The first-order valence-corrected chi connectivity index (χ1v) is 13.5. The number of aryl methyl sites for hydroxylation is 1. The highest BCUT2D eigenvalue weighted by molar-refractivity contribution is 5.91. The monoisotopic (exact) mass is 495 g/mol. The number of allylic oxidation sites excluding steroid dienone is 5. The number of hydrogen-bond donors (Lipinski definition) is 2. The highest BCUT2D eigenvalue weighted by atomic mass is 16.5. The molecule has 0 bridgehead atoms. The summed E-state index contributed by atoms with van der Waals surface area (Å²) in [5, 5.41) is 23.0. The number of aromatic hydroxyl groups is 2. The smallest absolute Gasteiger partial charge is 0.119 e. The van der Waals surface area contributed by atoms with Gasteiger partial charge in [0.2, 0.25) is 0 Å². The summed E-state index contributed by atoms with van der Waals surface area (Å²) in [5.74, 6) is 1.55. The van der Waals surface area contributed by atoms with E-state index in [9.17, 15) is 10.2 Å². The van der Waals surface area contributed by atoms with Gasteiger partial charge in [0.1, 0.15) is 23.9 Å². The van der Waals surface area contributed by atoms with Crippen LogP contribution in [0.1, 0.15) is 47.9 Å². The summed E-state index contributed by atoms with van der Waals surface area (Å²) in [6.07, 6.45) is 14.8. The first kappa shape index (κ1) is 25.2. The van der Waals surface area contributed by atoms with Crippen molar-refractivity contribution in [3.8, 4) is 11.5 Å². The van der Waals surface area contributed by atoms with Crippen LogP contribution in [0.5, 0.6) is 11.5 Å². The largest absolute Gasteiger partial charge is 0.508 e. The molecule has 3 aromatic carbocycles.